The molecule has 15 heavy (non-hydrogen) atoms. The highest BCUT2D eigenvalue weighted by molar-refractivity contribution is 6.02. The largest absolute Gasteiger partial charge is 0.478 e. The third-order valence-electron chi connectivity index (χ3n) is 1.72. The Hall–Kier alpha value is -1.26. The van der Waals surface area contributed by atoms with Gasteiger partial charge in [-0.25, -0.2) is 9.59 Å². The lowest BCUT2D eigenvalue weighted by atomic mass is 10.0. The van der Waals surface area contributed by atoms with Crippen LogP contribution in [0.15, 0.2) is 18.2 Å². The van der Waals surface area contributed by atoms with Crippen LogP contribution in [0.5, 0.6) is 0 Å². The topological polar surface area (TPSA) is 74.6 Å². The molecule has 1 aromatic carbocycles. The van der Waals surface area contributed by atoms with Gasteiger partial charge in [-0.05, 0) is 18.6 Å². The van der Waals surface area contributed by atoms with Gasteiger partial charge in [0.2, 0.25) is 0 Å². The van der Waals surface area contributed by atoms with E-state index in [1.54, 1.807) is 13.0 Å². The fourth-order valence-corrected chi connectivity index (χ4v) is 1.13. The first kappa shape index (κ1) is 16.2. The quantitative estimate of drug-likeness (QED) is 0.847. The second kappa shape index (κ2) is 6.27. The number of carbonyl (C=O) groups is 2. The zero-order valence-electron chi connectivity index (χ0n) is 7.76. The fraction of sp³-hybridized carbons (Fsp3) is 0.111. The Kier molecular flexibility index (Phi) is 6.76. The zero-order chi connectivity index (χ0) is 10.0. The molecule has 84 valence electrons. The van der Waals surface area contributed by atoms with Crippen molar-refractivity contribution in [1.82, 2.24) is 0 Å². The van der Waals surface area contributed by atoms with Crippen molar-refractivity contribution in [2.75, 3.05) is 0 Å². The van der Waals surface area contributed by atoms with Crippen LogP contribution in [-0.2, 0) is 0 Å². The Bertz CT molecular complexity index is 376. The Morgan fingerprint density at radius 1 is 1.07 bits per heavy atom. The summed E-state index contributed by atoms with van der Waals surface area (Å²) >= 11 is 0. The van der Waals surface area contributed by atoms with Crippen molar-refractivity contribution >= 4 is 36.8 Å². The average Bonchev–Trinajstić information content (AvgIpc) is 2.02. The van der Waals surface area contributed by atoms with Crippen molar-refractivity contribution < 1.29 is 19.8 Å². The lowest BCUT2D eigenvalue weighted by molar-refractivity contribution is 0.0651. The Morgan fingerprint density at radius 2 is 1.60 bits per heavy atom. The van der Waals surface area contributed by atoms with Gasteiger partial charge in [0.1, 0.15) is 0 Å². The van der Waals surface area contributed by atoms with Crippen molar-refractivity contribution in [2.24, 2.45) is 0 Å². The molecule has 2 N–H and O–H groups in total. The first-order valence-electron chi connectivity index (χ1n) is 3.60. The van der Waals surface area contributed by atoms with Crippen molar-refractivity contribution in [3.63, 3.8) is 0 Å². The summed E-state index contributed by atoms with van der Waals surface area (Å²) in [5.41, 5.74) is 0.134. The van der Waals surface area contributed by atoms with Gasteiger partial charge in [-0.3, -0.25) is 0 Å². The van der Waals surface area contributed by atoms with Crippen LogP contribution in [-0.4, -0.2) is 22.2 Å². The second-order valence-electron chi connectivity index (χ2n) is 2.61. The Labute approximate surface area is 98.7 Å². The van der Waals surface area contributed by atoms with Gasteiger partial charge in [-0.1, -0.05) is 12.1 Å². The van der Waals surface area contributed by atoms with E-state index in [4.69, 9.17) is 10.2 Å². The molecule has 1 aromatic rings. The van der Waals surface area contributed by atoms with Crippen molar-refractivity contribution in [3.8, 4) is 0 Å². The number of hydrogen-bond acceptors (Lipinski definition) is 2. The molecular formula is C9H10Cl2O4. The van der Waals surface area contributed by atoms with Crippen molar-refractivity contribution in [2.45, 2.75) is 6.92 Å². The maximum atomic E-state index is 10.7. The van der Waals surface area contributed by atoms with E-state index in [-0.39, 0.29) is 35.9 Å². The number of benzene rings is 1. The van der Waals surface area contributed by atoms with E-state index >= 15 is 0 Å². The van der Waals surface area contributed by atoms with Crippen molar-refractivity contribution in [3.05, 3.63) is 34.9 Å². The molecular weight excluding hydrogens is 243 g/mol. The molecule has 0 heterocycles. The van der Waals surface area contributed by atoms with Crippen molar-refractivity contribution in [1.29, 1.82) is 0 Å². The molecule has 0 fully saturated rings. The molecule has 0 unspecified atom stereocenters. The average molecular weight is 253 g/mol. The summed E-state index contributed by atoms with van der Waals surface area (Å²) in [6.45, 7) is 1.57. The molecule has 1 rings (SSSR count). The fourth-order valence-electron chi connectivity index (χ4n) is 1.13. The van der Waals surface area contributed by atoms with Gasteiger partial charge in [0.25, 0.3) is 0 Å². The summed E-state index contributed by atoms with van der Waals surface area (Å²) in [6, 6.07) is 4.36. The summed E-state index contributed by atoms with van der Waals surface area (Å²) in [6.07, 6.45) is 0. The minimum atomic E-state index is -1.22. The predicted molar refractivity (Wildman–Crippen MR) is 59.6 cm³/mol. The number of hydrogen-bond donors (Lipinski definition) is 2. The van der Waals surface area contributed by atoms with E-state index in [1.165, 1.54) is 12.1 Å². The summed E-state index contributed by atoms with van der Waals surface area (Å²) in [7, 11) is 0. The number of rotatable bonds is 2. The number of carboxylic acid groups (broad SMARTS) is 2. The maximum absolute atomic E-state index is 10.7. The minimum Gasteiger partial charge on any atom is -0.478 e. The van der Waals surface area contributed by atoms with E-state index in [2.05, 4.69) is 0 Å². The summed E-state index contributed by atoms with van der Waals surface area (Å²) in [5, 5.41) is 17.4. The van der Waals surface area contributed by atoms with E-state index in [0.717, 1.165) is 0 Å². The summed E-state index contributed by atoms with van der Waals surface area (Å²) in [4.78, 5) is 21.3. The van der Waals surface area contributed by atoms with Gasteiger partial charge in [-0.15, -0.1) is 24.8 Å². The Balaban J connectivity index is 0. The van der Waals surface area contributed by atoms with Crippen LogP contribution in [0.25, 0.3) is 0 Å². The molecule has 0 saturated heterocycles. The molecule has 0 aromatic heterocycles. The number of halogens is 2. The van der Waals surface area contributed by atoms with E-state index in [1.807, 2.05) is 0 Å². The smallest absolute Gasteiger partial charge is 0.336 e. The zero-order valence-corrected chi connectivity index (χ0v) is 9.39. The number of aromatic carboxylic acids is 2. The van der Waals surface area contributed by atoms with Crippen LogP contribution in [0.3, 0.4) is 0 Å². The summed E-state index contributed by atoms with van der Waals surface area (Å²) in [5.74, 6) is -2.43. The molecule has 0 atom stereocenters. The highest BCUT2D eigenvalue weighted by Gasteiger charge is 2.17. The molecule has 0 amide bonds. The van der Waals surface area contributed by atoms with Gasteiger partial charge in [0, 0.05) is 0 Å². The standard InChI is InChI=1S/C9H8O4.2ClH/c1-5-3-2-4-6(8(10)11)7(5)9(12)13;;/h2-4H,1H3,(H,10,11)(H,12,13);2*1H. The molecule has 0 bridgehead atoms. The lowest BCUT2D eigenvalue weighted by Crippen LogP contribution is -2.09. The molecule has 0 aliphatic heterocycles. The monoisotopic (exact) mass is 252 g/mol. The molecule has 4 nitrogen and oxygen atoms in total. The van der Waals surface area contributed by atoms with Crippen LogP contribution < -0.4 is 0 Å². The van der Waals surface area contributed by atoms with E-state index < -0.39 is 11.9 Å². The third-order valence-corrected chi connectivity index (χ3v) is 1.72. The number of carboxylic acids is 2. The second-order valence-corrected chi connectivity index (χ2v) is 2.61. The van der Waals surface area contributed by atoms with E-state index in [0.29, 0.717) is 5.56 Å². The molecule has 0 radical (unpaired) electrons. The van der Waals surface area contributed by atoms with Gasteiger partial charge in [0.15, 0.2) is 0 Å². The first-order valence-corrected chi connectivity index (χ1v) is 3.60. The predicted octanol–water partition coefficient (Wildman–Crippen LogP) is 2.24. The molecule has 0 aliphatic rings. The molecule has 0 aliphatic carbocycles. The van der Waals surface area contributed by atoms with Crippen LogP contribution in [0.2, 0.25) is 0 Å². The van der Waals surface area contributed by atoms with Gasteiger partial charge < -0.3 is 10.2 Å². The van der Waals surface area contributed by atoms with Crippen LogP contribution in [0.1, 0.15) is 26.3 Å². The van der Waals surface area contributed by atoms with Crippen LogP contribution >= 0.6 is 24.8 Å². The lowest BCUT2D eigenvalue weighted by Gasteiger charge is -2.03. The van der Waals surface area contributed by atoms with E-state index in [9.17, 15) is 9.59 Å². The maximum Gasteiger partial charge on any atom is 0.336 e. The van der Waals surface area contributed by atoms with Gasteiger partial charge in [0.05, 0.1) is 11.1 Å². The summed E-state index contributed by atoms with van der Waals surface area (Å²) < 4.78 is 0. The molecule has 6 heteroatoms. The highest BCUT2D eigenvalue weighted by Crippen LogP contribution is 2.13. The Morgan fingerprint density at radius 3 is 1.93 bits per heavy atom. The van der Waals surface area contributed by atoms with Crippen LogP contribution in [0, 0.1) is 6.92 Å². The SMILES string of the molecule is Cc1cccc(C(=O)O)c1C(=O)O.Cl.Cl. The molecule has 0 spiro atoms. The normalized spacial score (nSPS) is 8.33. The van der Waals surface area contributed by atoms with Gasteiger partial charge in [-0.2, -0.15) is 0 Å². The third kappa shape index (κ3) is 3.42. The number of aryl methyl sites for hydroxylation is 1. The first-order chi connectivity index (χ1) is 6.04. The highest BCUT2D eigenvalue weighted by atomic mass is 35.5. The van der Waals surface area contributed by atoms with Crippen LogP contribution in [0.4, 0.5) is 0 Å². The molecule has 0 saturated carbocycles. The minimum absolute atomic E-state index is 0. The van der Waals surface area contributed by atoms with Gasteiger partial charge >= 0.3 is 11.9 Å².